The second-order valence-corrected chi connectivity index (χ2v) is 4.30. The number of carbonyl (C=O) groups is 1. The monoisotopic (exact) mass is 240 g/mol. The standard InChI is InChI=1S/C11H13ClN2O2/c12-8-1-3-9(4-2-8)13-10-5-6-14(7-10)11(15)16/h1-4,10,13H,5-7H2,(H,15,16). The van der Waals surface area contributed by atoms with Crippen molar-refractivity contribution in [3.8, 4) is 0 Å². The van der Waals surface area contributed by atoms with Crippen molar-refractivity contribution < 1.29 is 9.90 Å². The number of anilines is 1. The zero-order valence-corrected chi connectivity index (χ0v) is 9.44. The van der Waals surface area contributed by atoms with Gasteiger partial charge in [0.1, 0.15) is 0 Å². The molecule has 0 radical (unpaired) electrons. The molecule has 16 heavy (non-hydrogen) atoms. The van der Waals surface area contributed by atoms with Crippen molar-refractivity contribution in [2.45, 2.75) is 12.5 Å². The molecule has 5 heteroatoms. The maximum absolute atomic E-state index is 10.7. The highest BCUT2D eigenvalue weighted by molar-refractivity contribution is 6.30. The van der Waals surface area contributed by atoms with Crippen LogP contribution in [-0.2, 0) is 0 Å². The molecule has 1 heterocycles. The van der Waals surface area contributed by atoms with E-state index in [0.29, 0.717) is 18.1 Å². The molecule has 4 nitrogen and oxygen atoms in total. The summed E-state index contributed by atoms with van der Waals surface area (Å²) in [4.78, 5) is 12.1. The van der Waals surface area contributed by atoms with Gasteiger partial charge in [-0.1, -0.05) is 11.6 Å². The maximum Gasteiger partial charge on any atom is 0.407 e. The zero-order valence-electron chi connectivity index (χ0n) is 8.69. The minimum absolute atomic E-state index is 0.192. The van der Waals surface area contributed by atoms with Gasteiger partial charge in [-0.05, 0) is 30.7 Å². The number of carboxylic acid groups (broad SMARTS) is 1. The van der Waals surface area contributed by atoms with E-state index >= 15 is 0 Å². The lowest BCUT2D eigenvalue weighted by Gasteiger charge is -2.14. The Morgan fingerprint density at radius 3 is 2.69 bits per heavy atom. The van der Waals surface area contributed by atoms with Crippen LogP contribution in [0.4, 0.5) is 10.5 Å². The molecule has 1 unspecified atom stereocenters. The summed E-state index contributed by atoms with van der Waals surface area (Å²) < 4.78 is 0. The van der Waals surface area contributed by atoms with Crippen LogP contribution in [0.15, 0.2) is 24.3 Å². The number of nitrogens with zero attached hydrogens (tertiary/aromatic N) is 1. The summed E-state index contributed by atoms with van der Waals surface area (Å²) in [7, 11) is 0. The van der Waals surface area contributed by atoms with Gasteiger partial charge < -0.3 is 15.3 Å². The van der Waals surface area contributed by atoms with Crippen molar-refractivity contribution in [1.82, 2.24) is 4.90 Å². The molecule has 1 saturated heterocycles. The van der Waals surface area contributed by atoms with Crippen LogP contribution in [0.1, 0.15) is 6.42 Å². The number of hydrogen-bond donors (Lipinski definition) is 2. The van der Waals surface area contributed by atoms with Gasteiger partial charge in [0.25, 0.3) is 0 Å². The number of nitrogens with one attached hydrogen (secondary N) is 1. The maximum atomic E-state index is 10.7. The molecule has 1 aromatic carbocycles. The van der Waals surface area contributed by atoms with Gasteiger partial charge >= 0.3 is 6.09 Å². The minimum atomic E-state index is -0.847. The predicted octanol–water partition coefficient (Wildman–Crippen LogP) is 2.50. The lowest BCUT2D eigenvalue weighted by Crippen LogP contribution is -2.30. The van der Waals surface area contributed by atoms with Gasteiger partial charge in [-0.15, -0.1) is 0 Å². The highest BCUT2D eigenvalue weighted by Crippen LogP contribution is 2.18. The summed E-state index contributed by atoms with van der Waals surface area (Å²) in [5.41, 5.74) is 0.974. The van der Waals surface area contributed by atoms with Crippen LogP contribution in [0, 0.1) is 0 Å². The predicted molar refractivity (Wildman–Crippen MR) is 63.1 cm³/mol. The van der Waals surface area contributed by atoms with Crippen LogP contribution in [-0.4, -0.2) is 35.2 Å². The molecule has 0 aromatic heterocycles. The Hall–Kier alpha value is -1.42. The first-order valence-electron chi connectivity index (χ1n) is 5.15. The second kappa shape index (κ2) is 4.61. The van der Waals surface area contributed by atoms with E-state index in [0.717, 1.165) is 12.1 Å². The van der Waals surface area contributed by atoms with Crippen LogP contribution < -0.4 is 5.32 Å². The molecular weight excluding hydrogens is 228 g/mol. The molecular formula is C11H13ClN2O2. The summed E-state index contributed by atoms with van der Waals surface area (Å²) >= 11 is 5.78. The first kappa shape index (κ1) is 11.1. The molecule has 1 aliphatic rings. The van der Waals surface area contributed by atoms with E-state index in [1.165, 1.54) is 4.90 Å². The summed E-state index contributed by atoms with van der Waals surface area (Å²) in [5.74, 6) is 0. The van der Waals surface area contributed by atoms with Crippen LogP contribution in [0.25, 0.3) is 0 Å². The number of hydrogen-bond acceptors (Lipinski definition) is 2. The van der Waals surface area contributed by atoms with E-state index in [-0.39, 0.29) is 6.04 Å². The third-order valence-corrected chi connectivity index (χ3v) is 2.93. The van der Waals surface area contributed by atoms with Gasteiger partial charge in [0.2, 0.25) is 0 Å². The molecule has 0 bridgehead atoms. The molecule has 0 saturated carbocycles. The Labute approximate surface area is 98.8 Å². The number of likely N-dealkylation sites (tertiary alicyclic amines) is 1. The molecule has 1 aliphatic heterocycles. The van der Waals surface area contributed by atoms with Crippen LogP contribution in [0.2, 0.25) is 5.02 Å². The first-order valence-corrected chi connectivity index (χ1v) is 5.53. The summed E-state index contributed by atoms with van der Waals surface area (Å²) in [6, 6.07) is 7.61. The first-order chi connectivity index (χ1) is 7.65. The van der Waals surface area contributed by atoms with Crippen LogP contribution >= 0.6 is 11.6 Å². The van der Waals surface area contributed by atoms with E-state index in [2.05, 4.69) is 5.32 Å². The quantitative estimate of drug-likeness (QED) is 0.835. The smallest absolute Gasteiger partial charge is 0.407 e. The van der Waals surface area contributed by atoms with Crippen molar-refractivity contribution in [2.75, 3.05) is 18.4 Å². The van der Waals surface area contributed by atoms with Gasteiger partial charge in [-0.25, -0.2) is 4.79 Å². The average Bonchev–Trinajstić information content (AvgIpc) is 2.70. The van der Waals surface area contributed by atoms with Crippen molar-refractivity contribution >= 4 is 23.4 Å². The Balaban J connectivity index is 1.92. The molecule has 86 valence electrons. The van der Waals surface area contributed by atoms with E-state index in [9.17, 15) is 4.79 Å². The van der Waals surface area contributed by atoms with Gasteiger partial charge in [0.05, 0.1) is 0 Å². The number of rotatable bonds is 2. The third kappa shape index (κ3) is 2.58. The molecule has 0 aliphatic carbocycles. The van der Waals surface area contributed by atoms with Gasteiger partial charge in [0, 0.05) is 29.8 Å². The van der Waals surface area contributed by atoms with Crippen LogP contribution in [0.5, 0.6) is 0 Å². The molecule has 0 spiro atoms. The topological polar surface area (TPSA) is 52.6 Å². The molecule has 1 atom stereocenters. The largest absolute Gasteiger partial charge is 0.465 e. The molecule has 2 N–H and O–H groups in total. The van der Waals surface area contributed by atoms with Gasteiger partial charge in [0.15, 0.2) is 0 Å². The third-order valence-electron chi connectivity index (χ3n) is 2.67. The van der Waals surface area contributed by atoms with Gasteiger partial charge in [-0.2, -0.15) is 0 Å². The molecule has 1 amide bonds. The van der Waals surface area contributed by atoms with Crippen molar-refractivity contribution in [3.63, 3.8) is 0 Å². The van der Waals surface area contributed by atoms with Gasteiger partial charge in [-0.3, -0.25) is 0 Å². The van der Waals surface area contributed by atoms with Crippen molar-refractivity contribution in [1.29, 1.82) is 0 Å². The lowest BCUT2D eigenvalue weighted by atomic mass is 10.2. The molecule has 1 fully saturated rings. The fourth-order valence-corrected chi connectivity index (χ4v) is 1.96. The highest BCUT2D eigenvalue weighted by Gasteiger charge is 2.25. The zero-order chi connectivity index (χ0) is 11.5. The molecule has 2 rings (SSSR count). The average molecular weight is 241 g/mol. The Bertz CT molecular complexity index is 380. The number of halogens is 1. The Morgan fingerprint density at radius 2 is 2.12 bits per heavy atom. The van der Waals surface area contributed by atoms with Crippen molar-refractivity contribution in [2.24, 2.45) is 0 Å². The van der Waals surface area contributed by atoms with E-state index in [1.807, 2.05) is 24.3 Å². The fraction of sp³-hybridized carbons (Fsp3) is 0.364. The van der Waals surface area contributed by atoms with E-state index < -0.39 is 6.09 Å². The number of amides is 1. The Kier molecular flexibility index (Phi) is 3.19. The number of benzene rings is 1. The summed E-state index contributed by atoms with van der Waals surface area (Å²) in [5, 5.41) is 12.8. The normalized spacial score (nSPS) is 19.8. The van der Waals surface area contributed by atoms with E-state index in [4.69, 9.17) is 16.7 Å². The van der Waals surface area contributed by atoms with E-state index in [1.54, 1.807) is 0 Å². The fourth-order valence-electron chi connectivity index (χ4n) is 1.83. The second-order valence-electron chi connectivity index (χ2n) is 3.87. The summed E-state index contributed by atoms with van der Waals surface area (Å²) in [6.45, 7) is 1.14. The Morgan fingerprint density at radius 1 is 1.44 bits per heavy atom. The highest BCUT2D eigenvalue weighted by atomic mass is 35.5. The molecule has 1 aromatic rings. The van der Waals surface area contributed by atoms with Crippen LogP contribution in [0.3, 0.4) is 0 Å². The lowest BCUT2D eigenvalue weighted by molar-refractivity contribution is 0.155. The minimum Gasteiger partial charge on any atom is -0.465 e. The summed E-state index contributed by atoms with van der Waals surface area (Å²) in [6.07, 6.45) is -0.00466. The SMILES string of the molecule is O=C(O)N1CCC(Nc2ccc(Cl)cc2)C1. The van der Waals surface area contributed by atoms with Crippen molar-refractivity contribution in [3.05, 3.63) is 29.3 Å².